The summed E-state index contributed by atoms with van der Waals surface area (Å²) in [6.07, 6.45) is 0. The SMILES string of the molecule is CC1(C)c2cc(-c3ccccc3)ccc2-c2c1ccc1c3c(ccc21)C(C)(C)c1cc(-c2ccccc2)ccc1-3. The average Bonchev–Trinajstić information content (AvgIpc) is 3.37. The molecule has 40 heavy (non-hydrogen) atoms. The van der Waals surface area contributed by atoms with Crippen LogP contribution in [-0.2, 0) is 10.8 Å². The van der Waals surface area contributed by atoms with Gasteiger partial charge in [-0.05, 0) is 89.7 Å². The molecule has 0 bridgehead atoms. The molecule has 0 fully saturated rings. The minimum absolute atomic E-state index is 0.0512. The fraction of sp³-hybridized carbons (Fsp3) is 0.150. The van der Waals surface area contributed by atoms with Gasteiger partial charge < -0.3 is 0 Å². The molecule has 6 aromatic rings. The van der Waals surface area contributed by atoms with Crippen molar-refractivity contribution in [3.63, 3.8) is 0 Å². The molecular formula is C40H32. The van der Waals surface area contributed by atoms with Crippen LogP contribution in [-0.4, -0.2) is 0 Å². The van der Waals surface area contributed by atoms with E-state index in [9.17, 15) is 0 Å². The largest absolute Gasteiger partial charge is 0.0622 e. The molecule has 0 amide bonds. The first-order valence-corrected chi connectivity index (χ1v) is 14.4. The Kier molecular flexibility index (Phi) is 4.73. The van der Waals surface area contributed by atoms with E-state index in [0.29, 0.717) is 0 Å². The highest BCUT2D eigenvalue weighted by Gasteiger charge is 2.40. The first-order chi connectivity index (χ1) is 19.4. The van der Waals surface area contributed by atoms with E-state index in [1.165, 1.54) is 77.5 Å². The molecule has 0 radical (unpaired) electrons. The molecule has 0 N–H and O–H groups in total. The second-order valence-corrected chi connectivity index (χ2v) is 12.6. The zero-order valence-electron chi connectivity index (χ0n) is 23.5. The summed E-state index contributed by atoms with van der Waals surface area (Å²) in [6.45, 7) is 9.54. The van der Waals surface area contributed by atoms with E-state index in [4.69, 9.17) is 0 Å². The van der Waals surface area contributed by atoms with Crippen molar-refractivity contribution in [2.75, 3.05) is 0 Å². The van der Waals surface area contributed by atoms with Crippen LogP contribution in [0.3, 0.4) is 0 Å². The summed E-state index contributed by atoms with van der Waals surface area (Å²) in [5, 5.41) is 2.73. The fourth-order valence-electron chi connectivity index (χ4n) is 7.50. The van der Waals surface area contributed by atoms with Gasteiger partial charge in [0.05, 0.1) is 0 Å². The third-order valence-corrected chi connectivity index (χ3v) is 9.69. The van der Waals surface area contributed by atoms with Crippen molar-refractivity contribution in [1.29, 1.82) is 0 Å². The predicted molar refractivity (Wildman–Crippen MR) is 170 cm³/mol. The maximum atomic E-state index is 2.42. The lowest BCUT2D eigenvalue weighted by atomic mass is 9.80. The van der Waals surface area contributed by atoms with E-state index < -0.39 is 0 Å². The maximum absolute atomic E-state index is 2.42. The van der Waals surface area contributed by atoms with Gasteiger partial charge in [-0.1, -0.05) is 137 Å². The molecular weight excluding hydrogens is 480 g/mol. The maximum Gasteiger partial charge on any atom is 0.0159 e. The standard InChI is InChI=1S/C40H32/c1-39(2)33-21-19-30-29(37(33)31-17-15-27(23-35(31)39)25-11-7-5-8-12-25)20-22-34-38(30)32-18-16-28(24-36(32)40(34,3)4)26-13-9-6-10-14-26/h5-24H,1-4H3. The number of hydrogen-bond donors (Lipinski definition) is 0. The van der Waals surface area contributed by atoms with Gasteiger partial charge in [0.1, 0.15) is 0 Å². The van der Waals surface area contributed by atoms with Gasteiger partial charge in [0.15, 0.2) is 0 Å². The topological polar surface area (TPSA) is 0 Å². The van der Waals surface area contributed by atoms with Gasteiger partial charge in [0, 0.05) is 10.8 Å². The molecule has 2 aliphatic carbocycles. The van der Waals surface area contributed by atoms with E-state index in [2.05, 4.69) is 149 Å². The van der Waals surface area contributed by atoms with Crippen LogP contribution >= 0.6 is 0 Å². The Hall–Kier alpha value is -4.42. The van der Waals surface area contributed by atoms with E-state index in [1.807, 2.05) is 0 Å². The van der Waals surface area contributed by atoms with Crippen molar-refractivity contribution in [2.45, 2.75) is 38.5 Å². The first kappa shape index (κ1) is 23.5. The molecule has 0 aliphatic heterocycles. The molecule has 8 rings (SSSR count). The van der Waals surface area contributed by atoms with Crippen LogP contribution in [0.25, 0.3) is 55.3 Å². The highest BCUT2D eigenvalue weighted by Crippen LogP contribution is 2.56. The molecule has 0 spiro atoms. The van der Waals surface area contributed by atoms with Gasteiger partial charge in [-0.15, -0.1) is 0 Å². The van der Waals surface area contributed by atoms with Crippen LogP contribution in [0, 0.1) is 0 Å². The van der Waals surface area contributed by atoms with Crippen molar-refractivity contribution in [3.05, 3.63) is 144 Å². The molecule has 6 aromatic carbocycles. The highest BCUT2D eigenvalue weighted by molar-refractivity contribution is 6.11. The third kappa shape index (κ3) is 3.08. The summed E-state index contributed by atoms with van der Waals surface area (Å²) in [6, 6.07) is 45.3. The Labute approximate surface area is 237 Å². The lowest BCUT2D eigenvalue weighted by Gasteiger charge is -2.23. The first-order valence-electron chi connectivity index (χ1n) is 14.4. The van der Waals surface area contributed by atoms with Crippen molar-refractivity contribution in [3.8, 4) is 44.5 Å². The fourth-order valence-corrected chi connectivity index (χ4v) is 7.50. The lowest BCUT2D eigenvalue weighted by Crippen LogP contribution is -2.15. The quantitative estimate of drug-likeness (QED) is 0.216. The lowest BCUT2D eigenvalue weighted by molar-refractivity contribution is 0.660. The van der Waals surface area contributed by atoms with Crippen LogP contribution in [0.5, 0.6) is 0 Å². The van der Waals surface area contributed by atoms with E-state index >= 15 is 0 Å². The molecule has 0 atom stereocenters. The number of rotatable bonds is 2. The monoisotopic (exact) mass is 512 g/mol. The summed E-state index contributed by atoms with van der Waals surface area (Å²) >= 11 is 0. The smallest absolute Gasteiger partial charge is 0.0159 e. The van der Waals surface area contributed by atoms with Crippen LogP contribution < -0.4 is 0 Å². The second kappa shape index (κ2) is 8.05. The van der Waals surface area contributed by atoms with Crippen molar-refractivity contribution in [1.82, 2.24) is 0 Å². The highest BCUT2D eigenvalue weighted by atomic mass is 14.4. The molecule has 192 valence electrons. The van der Waals surface area contributed by atoms with Crippen LogP contribution in [0.4, 0.5) is 0 Å². The molecule has 0 saturated carbocycles. The van der Waals surface area contributed by atoms with Crippen molar-refractivity contribution >= 4 is 10.8 Å². The summed E-state index contributed by atoms with van der Waals surface area (Å²) in [7, 11) is 0. The Bertz CT molecular complexity index is 1820. The Morgan fingerprint density at radius 2 is 0.750 bits per heavy atom. The summed E-state index contributed by atoms with van der Waals surface area (Å²) in [5.41, 5.74) is 16.3. The zero-order chi connectivity index (χ0) is 27.2. The van der Waals surface area contributed by atoms with Crippen molar-refractivity contribution < 1.29 is 0 Å². The van der Waals surface area contributed by atoms with Gasteiger partial charge in [-0.2, -0.15) is 0 Å². The molecule has 0 heterocycles. The number of hydrogen-bond acceptors (Lipinski definition) is 0. The minimum atomic E-state index is -0.0512. The number of benzene rings is 6. The van der Waals surface area contributed by atoms with Crippen LogP contribution in [0.1, 0.15) is 49.9 Å². The molecule has 0 aromatic heterocycles. The Morgan fingerprint density at radius 1 is 0.350 bits per heavy atom. The van der Waals surface area contributed by atoms with Gasteiger partial charge in [-0.25, -0.2) is 0 Å². The molecule has 0 saturated heterocycles. The van der Waals surface area contributed by atoms with Crippen molar-refractivity contribution in [2.24, 2.45) is 0 Å². The van der Waals surface area contributed by atoms with Gasteiger partial charge in [-0.3, -0.25) is 0 Å². The number of fused-ring (bicyclic) bond motifs is 9. The van der Waals surface area contributed by atoms with Gasteiger partial charge in [0.2, 0.25) is 0 Å². The Morgan fingerprint density at radius 3 is 1.15 bits per heavy atom. The van der Waals surface area contributed by atoms with E-state index in [1.54, 1.807) is 0 Å². The molecule has 0 unspecified atom stereocenters. The molecule has 2 aliphatic rings. The summed E-state index contributed by atoms with van der Waals surface area (Å²) in [5.74, 6) is 0. The zero-order valence-corrected chi connectivity index (χ0v) is 23.5. The predicted octanol–water partition coefficient (Wildman–Crippen LogP) is 10.8. The van der Waals surface area contributed by atoms with E-state index in [0.717, 1.165) is 0 Å². The Balaban J connectivity index is 1.35. The molecule has 0 heteroatoms. The summed E-state index contributed by atoms with van der Waals surface area (Å²) < 4.78 is 0. The van der Waals surface area contributed by atoms with Crippen LogP contribution in [0.2, 0.25) is 0 Å². The minimum Gasteiger partial charge on any atom is -0.0622 e. The molecule has 0 nitrogen and oxygen atoms in total. The van der Waals surface area contributed by atoms with Gasteiger partial charge >= 0.3 is 0 Å². The average molecular weight is 513 g/mol. The van der Waals surface area contributed by atoms with E-state index in [-0.39, 0.29) is 10.8 Å². The normalized spacial score (nSPS) is 15.4. The summed E-state index contributed by atoms with van der Waals surface area (Å²) in [4.78, 5) is 0. The van der Waals surface area contributed by atoms with Crippen LogP contribution in [0.15, 0.2) is 121 Å². The third-order valence-electron chi connectivity index (χ3n) is 9.69. The second-order valence-electron chi connectivity index (χ2n) is 12.6. The van der Waals surface area contributed by atoms with Gasteiger partial charge in [0.25, 0.3) is 0 Å².